The van der Waals surface area contributed by atoms with Crippen molar-refractivity contribution in [1.82, 2.24) is 0 Å². The van der Waals surface area contributed by atoms with Gasteiger partial charge in [0.25, 0.3) is 0 Å². The molecule has 1 radical (unpaired) electrons. The molecule has 0 aliphatic heterocycles. The van der Waals surface area contributed by atoms with Gasteiger partial charge in [0.2, 0.25) is 0 Å². The van der Waals surface area contributed by atoms with Gasteiger partial charge in [0, 0.05) is 0 Å². The van der Waals surface area contributed by atoms with Crippen LogP contribution in [0.5, 0.6) is 0 Å². The Balaban J connectivity index is 2.45. The van der Waals surface area contributed by atoms with Crippen LogP contribution in [0.4, 0.5) is 0 Å². The molecule has 0 fully saturated rings. The summed E-state index contributed by atoms with van der Waals surface area (Å²) in [6.45, 7) is 6.95. The zero-order valence-corrected chi connectivity index (χ0v) is 9.46. The van der Waals surface area contributed by atoms with Gasteiger partial charge in [-0.3, -0.25) is 0 Å². The Morgan fingerprint density at radius 3 is 2.69 bits per heavy atom. The Bertz CT molecular complexity index is 350. The summed E-state index contributed by atoms with van der Waals surface area (Å²) in [7, 11) is -0.227. The predicted molar refractivity (Wildman–Crippen MR) is 60.4 cm³/mol. The molecular formula is C12H15Si. The van der Waals surface area contributed by atoms with Gasteiger partial charge in [-0.25, -0.2) is 0 Å². The molecule has 13 heavy (non-hydrogen) atoms. The Morgan fingerprint density at radius 2 is 2.00 bits per heavy atom. The van der Waals surface area contributed by atoms with Crippen LogP contribution < -0.4 is 0 Å². The second-order valence-corrected chi connectivity index (χ2v) is 6.82. The van der Waals surface area contributed by atoms with Gasteiger partial charge in [0.15, 0.2) is 0 Å². The number of allylic oxidation sites excluding steroid dienone is 1. The van der Waals surface area contributed by atoms with Crippen LogP contribution in [0, 0.1) is 6.92 Å². The molecule has 0 spiro atoms. The molecule has 0 nitrogen and oxygen atoms in total. The predicted octanol–water partition coefficient (Wildman–Crippen LogP) is 3.40. The first kappa shape index (κ1) is 8.76. The highest BCUT2D eigenvalue weighted by Crippen LogP contribution is 2.32. The van der Waals surface area contributed by atoms with Crippen LogP contribution in [0.25, 0.3) is 6.08 Å². The van der Waals surface area contributed by atoms with E-state index in [1.165, 1.54) is 11.1 Å². The lowest BCUT2D eigenvalue weighted by Crippen LogP contribution is -2.12. The Kier molecular flexibility index (Phi) is 2.12. The van der Waals surface area contributed by atoms with E-state index in [4.69, 9.17) is 0 Å². The van der Waals surface area contributed by atoms with Crippen LogP contribution in [-0.2, 0) is 0 Å². The molecule has 0 heterocycles. The van der Waals surface area contributed by atoms with Gasteiger partial charge >= 0.3 is 0 Å². The van der Waals surface area contributed by atoms with Crippen molar-refractivity contribution in [2.45, 2.75) is 25.6 Å². The second kappa shape index (κ2) is 3.15. The van der Waals surface area contributed by atoms with Crippen LogP contribution in [0.1, 0.15) is 22.2 Å². The quantitative estimate of drug-likeness (QED) is 0.591. The normalized spacial score (nSPS) is 19.5. The number of fused-ring (bicyclic) bond motifs is 1. The van der Waals surface area contributed by atoms with Crippen molar-refractivity contribution in [3.05, 3.63) is 41.0 Å². The summed E-state index contributed by atoms with van der Waals surface area (Å²) in [5.41, 5.74) is 5.11. The van der Waals surface area contributed by atoms with Gasteiger partial charge in [0.1, 0.15) is 0 Å². The Hall–Kier alpha value is -0.823. The minimum absolute atomic E-state index is 0.227. The first-order chi connectivity index (χ1) is 6.18. The average Bonchev–Trinajstić information content (AvgIpc) is 2.46. The summed E-state index contributed by atoms with van der Waals surface area (Å²) in [6.07, 6.45) is 4.65. The highest BCUT2D eigenvalue weighted by atomic mass is 28.3. The molecule has 0 bridgehead atoms. The summed E-state index contributed by atoms with van der Waals surface area (Å²) in [5, 5.41) is 0. The van der Waals surface area contributed by atoms with Gasteiger partial charge in [0.05, 0.1) is 8.80 Å². The SMILES string of the molecule is Cc1ccc2c(c1)C([Si](C)C)C=C2. The molecule has 0 N–H and O–H groups in total. The molecule has 0 saturated carbocycles. The number of hydrogen-bond acceptors (Lipinski definition) is 0. The maximum atomic E-state index is 2.39. The van der Waals surface area contributed by atoms with E-state index >= 15 is 0 Å². The topological polar surface area (TPSA) is 0 Å². The lowest BCUT2D eigenvalue weighted by Gasteiger charge is -2.13. The van der Waals surface area contributed by atoms with Crippen molar-refractivity contribution < 1.29 is 0 Å². The third-order valence-electron chi connectivity index (χ3n) is 2.67. The fraction of sp³-hybridized carbons (Fsp3) is 0.333. The molecular weight excluding hydrogens is 172 g/mol. The van der Waals surface area contributed by atoms with E-state index in [0.717, 1.165) is 5.54 Å². The van der Waals surface area contributed by atoms with E-state index in [-0.39, 0.29) is 8.80 Å². The lowest BCUT2D eigenvalue weighted by atomic mass is 10.1. The molecule has 1 unspecified atom stereocenters. The average molecular weight is 187 g/mol. The van der Waals surface area contributed by atoms with Crippen LogP contribution in [0.3, 0.4) is 0 Å². The van der Waals surface area contributed by atoms with Crippen molar-refractivity contribution in [3.63, 3.8) is 0 Å². The van der Waals surface area contributed by atoms with E-state index in [2.05, 4.69) is 50.4 Å². The zero-order chi connectivity index (χ0) is 9.42. The Labute approximate surface area is 81.9 Å². The maximum Gasteiger partial charge on any atom is 0.0548 e. The summed E-state index contributed by atoms with van der Waals surface area (Å²) in [6, 6.07) is 6.78. The molecule has 1 atom stereocenters. The zero-order valence-electron chi connectivity index (χ0n) is 8.46. The first-order valence-corrected chi connectivity index (χ1v) is 7.35. The van der Waals surface area contributed by atoms with Crippen LogP contribution in [-0.4, -0.2) is 8.80 Å². The van der Waals surface area contributed by atoms with E-state index in [0.29, 0.717) is 0 Å². The van der Waals surface area contributed by atoms with Crippen molar-refractivity contribution in [3.8, 4) is 0 Å². The van der Waals surface area contributed by atoms with Gasteiger partial charge in [-0.1, -0.05) is 49.0 Å². The highest BCUT2D eigenvalue weighted by Gasteiger charge is 2.20. The summed E-state index contributed by atoms with van der Waals surface area (Å²) in [5.74, 6) is 0. The minimum Gasteiger partial charge on any atom is -0.0794 e. The van der Waals surface area contributed by atoms with Gasteiger partial charge in [-0.2, -0.15) is 0 Å². The minimum atomic E-state index is -0.227. The molecule has 1 heteroatoms. The summed E-state index contributed by atoms with van der Waals surface area (Å²) >= 11 is 0. The van der Waals surface area contributed by atoms with E-state index in [1.54, 1.807) is 5.56 Å². The molecule has 0 aromatic heterocycles. The largest absolute Gasteiger partial charge is 0.0794 e. The smallest absolute Gasteiger partial charge is 0.0548 e. The van der Waals surface area contributed by atoms with E-state index < -0.39 is 0 Å². The summed E-state index contributed by atoms with van der Waals surface area (Å²) < 4.78 is 0. The van der Waals surface area contributed by atoms with Crippen molar-refractivity contribution in [2.24, 2.45) is 0 Å². The van der Waals surface area contributed by atoms with Crippen LogP contribution >= 0.6 is 0 Å². The first-order valence-electron chi connectivity index (χ1n) is 4.77. The monoisotopic (exact) mass is 187 g/mol. The van der Waals surface area contributed by atoms with Crippen molar-refractivity contribution in [1.29, 1.82) is 0 Å². The van der Waals surface area contributed by atoms with Gasteiger partial charge in [-0.15, -0.1) is 0 Å². The highest BCUT2D eigenvalue weighted by molar-refractivity contribution is 6.58. The fourth-order valence-electron chi connectivity index (χ4n) is 1.92. The molecule has 1 aromatic rings. The second-order valence-electron chi connectivity index (χ2n) is 4.05. The Morgan fingerprint density at radius 1 is 1.23 bits per heavy atom. The lowest BCUT2D eigenvalue weighted by molar-refractivity contribution is 1.19. The third kappa shape index (κ3) is 1.48. The molecule has 0 saturated heterocycles. The van der Waals surface area contributed by atoms with Crippen LogP contribution in [0.15, 0.2) is 24.3 Å². The molecule has 1 aromatic carbocycles. The number of aryl methyl sites for hydroxylation is 1. The van der Waals surface area contributed by atoms with E-state index in [1.807, 2.05) is 0 Å². The summed E-state index contributed by atoms with van der Waals surface area (Å²) in [4.78, 5) is 0. The maximum absolute atomic E-state index is 2.39. The third-order valence-corrected chi connectivity index (χ3v) is 4.42. The number of benzene rings is 1. The standard InChI is InChI=1S/C12H15Si/c1-9-4-5-10-6-7-12(13(2)3)11(10)8-9/h4-8,12H,1-3H3. The molecule has 1 aliphatic carbocycles. The molecule has 1 aliphatic rings. The number of hydrogen-bond donors (Lipinski definition) is 0. The van der Waals surface area contributed by atoms with E-state index in [9.17, 15) is 0 Å². The van der Waals surface area contributed by atoms with Gasteiger partial charge in [-0.05, 0) is 23.6 Å². The molecule has 0 amide bonds. The van der Waals surface area contributed by atoms with Gasteiger partial charge < -0.3 is 0 Å². The fourth-order valence-corrected chi connectivity index (χ4v) is 3.28. The molecule has 2 rings (SSSR count). The van der Waals surface area contributed by atoms with Crippen LogP contribution in [0.2, 0.25) is 13.1 Å². The molecule has 67 valence electrons. The number of rotatable bonds is 1. The van der Waals surface area contributed by atoms with Crippen molar-refractivity contribution >= 4 is 14.9 Å². The van der Waals surface area contributed by atoms with Crippen molar-refractivity contribution in [2.75, 3.05) is 0 Å².